The van der Waals surface area contributed by atoms with Crippen LogP contribution in [0.3, 0.4) is 0 Å². The molecule has 33 heavy (non-hydrogen) atoms. The molecule has 2 aromatic carbocycles. The van der Waals surface area contributed by atoms with Crippen molar-refractivity contribution in [3.63, 3.8) is 0 Å². The number of carbonyl (C=O) groups is 2. The maximum absolute atomic E-state index is 13.1. The van der Waals surface area contributed by atoms with Crippen molar-refractivity contribution in [3.05, 3.63) is 64.7 Å². The third-order valence-electron chi connectivity index (χ3n) is 6.44. The summed E-state index contributed by atoms with van der Waals surface area (Å²) in [6, 6.07) is 14.2. The first kappa shape index (κ1) is 23.3. The molecule has 0 saturated carbocycles. The lowest BCUT2D eigenvalue weighted by Crippen LogP contribution is -2.42. The van der Waals surface area contributed by atoms with Gasteiger partial charge in [-0.05, 0) is 55.0 Å². The van der Waals surface area contributed by atoms with E-state index in [9.17, 15) is 9.59 Å². The summed E-state index contributed by atoms with van der Waals surface area (Å²) in [6.07, 6.45) is 2.94. The van der Waals surface area contributed by atoms with Crippen LogP contribution in [0.1, 0.15) is 55.0 Å². The van der Waals surface area contributed by atoms with Crippen LogP contribution in [0.15, 0.2) is 42.5 Å². The van der Waals surface area contributed by atoms with Crippen molar-refractivity contribution in [2.45, 2.75) is 52.2 Å². The minimum atomic E-state index is -0.166. The predicted octanol–water partition coefficient (Wildman–Crippen LogP) is 3.80. The molecule has 2 amide bonds. The molecule has 0 aromatic heterocycles. The molecular weight excluding hydrogens is 416 g/mol. The van der Waals surface area contributed by atoms with E-state index >= 15 is 0 Å². The maximum atomic E-state index is 13.1. The standard InChI is InChI=1S/C27H34N2O4/c1-18(2)27(31)29-13-12-20-10-11-22(33-17-25(30)28-16-23-5-4-14-32-23)15-24(20)26(29)21-8-6-19(3)7-9-21/h6-11,15,18,23,26H,4-5,12-14,16-17H2,1-3H3,(H,28,30)/t23-,26+/m0/s1. The average Bonchev–Trinajstić information content (AvgIpc) is 3.34. The van der Waals surface area contributed by atoms with Crippen molar-refractivity contribution in [3.8, 4) is 5.75 Å². The Kier molecular flexibility index (Phi) is 7.33. The Balaban J connectivity index is 1.52. The zero-order valence-electron chi connectivity index (χ0n) is 19.8. The Hall–Kier alpha value is -2.86. The fourth-order valence-electron chi connectivity index (χ4n) is 4.59. The number of benzene rings is 2. The van der Waals surface area contributed by atoms with E-state index in [0.29, 0.717) is 18.8 Å². The molecule has 1 N–H and O–H groups in total. The fraction of sp³-hybridized carbons (Fsp3) is 0.481. The van der Waals surface area contributed by atoms with Crippen molar-refractivity contribution < 1.29 is 19.1 Å². The Morgan fingerprint density at radius 1 is 1.18 bits per heavy atom. The van der Waals surface area contributed by atoms with E-state index in [-0.39, 0.29) is 36.5 Å². The number of rotatable bonds is 7. The van der Waals surface area contributed by atoms with Gasteiger partial charge >= 0.3 is 0 Å². The van der Waals surface area contributed by atoms with Crippen LogP contribution in [0.25, 0.3) is 0 Å². The molecule has 2 aromatic rings. The first-order chi connectivity index (χ1) is 15.9. The minimum Gasteiger partial charge on any atom is -0.484 e. The zero-order valence-corrected chi connectivity index (χ0v) is 19.8. The molecule has 0 bridgehead atoms. The normalized spacial score (nSPS) is 19.9. The highest BCUT2D eigenvalue weighted by molar-refractivity contribution is 5.80. The van der Waals surface area contributed by atoms with Crippen LogP contribution >= 0.6 is 0 Å². The van der Waals surface area contributed by atoms with E-state index < -0.39 is 0 Å². The average molecular weight is 451 g/mol. The summed E-state index contributed by atoms with van der Waals surface area (Å²) in [7, 11) is 0. The number of carbonyl (C=O) groups excluding carboxylic acids is 2. The largest absolute Gasteiger partial charge is 0.484 e. The van der Waals surface area contributed by atoms with Crippen LogP contribution in [0.4, 0.5) is 0 Å². The van der Waals surface area contributed by atoms with Crippen LogP contribution in [-0.4, -0.2) is 49.1 Å². The smallest absolute Gasteiger partial charge is 0.258 e. The molecule has 6 nitrogen and oxygen atoms in total. The van der Waals surface area contributed by atoms with Crippen molar-refractivity contribution >= 4 is 11.8 Å². The second-order valence-electron chi connectivity index (χ2n) is 9.34. The second-order valence-corrected chi connectivity index (χ2v) is 9.34. The van der Waals surface area contributed by atoms with Crippen LogP contribution < -0.4 is 10.1 Å². The van der Waals surface area contributed by atoms with Gasteiger partial charge < -0.3 is 19.7 Å². The Morgan fingerprint density at radius 2 is 1.97 bits per heavy atom. The molecule has 0 radical (unpaired) electrons. The lowest BCUT2D eigenvalue weighted by atomic mass is 9.87. The minimum absolute atomic E-state index is 0.0463. The number of hydrogen-bond donors (Lipinski definition) is 1. The summed E-state index contributed by atoms with van der Waals surface area (Å²) < 4.78 is 11.4. The third-order valence-corrected chi connectivity index (χ3v) is 6.44. The molecule has 176 valence electrons. The monoisotopic (exact) mass is 450 g/mol. The Bertz CT molecular complexity index is 980. The summed E-state index contributed by atoms with van der Waals surface area (Å²) in [4.78, 5) is 27.3. The molecule has 2 aliphatic rings. The summed E-state index contributed by atoms with van der Waals surface area (Å²) >= 11 is 0. The molecule has 6 heteroatoms. The van der Waals surface area contributed by atoms with E-state index in [2.05, 4.69) is 42.6 Å². The van der Waals surface area contributed by atoms with E-state index in [1.54, 1.807) is 0 Å². The molecule has 1 fully saturated rings. The quantitative estimate of drug-likeness (QED) is 0.697. The number of fused-ring (bicyclic) bond motifs is 1. The van der Waals surface area contributed by atoms with Gasteiger partial charge in [0.1, 0.15) is 5.75 Å². The summed E-state index contributed by atoms with van der Waals surface area (Å²) in [5.74, 6) is 0.546. The van der Waals surface area contributed by atoms with Crippen LogP contribution in [-0.2, 0) is 20.7 Å². The van der Waals surface area contributed by atoms with Gasteiger partial charge in [0.05, 0.1) is 12.1 Å². The second kappa shape index (κ2) is 10.4. The van der Waals surface area contributed by atoms with Crippen LogP contribution in [0.5, 0.6) is 5.75 Å². The van der Waals surface area contributed by atoms with Gasteiger partial charge in [-0.15, -0.1) is 0 Å². The predicted molar refractivity (Wildman–Crippen MR) is 127 cm³/mol. The highest BCUT2D eigenvalue weighted by Crippen LogP contribution is 2.38. The van der Waals surface area contributed by atoms with Gasteiger partial charge in [0, 0.05) is 25.6 Å². The highest BCUT2D eigenvalue weighted by atomic mass is 16.5. The van der Waals surface area contributed by atoms with E-state index in [1.165, 1.54) is 11.1 Å². The molecule has 2 aliphatic heterocycles. The molecule has 4 rings (SSSR count). The first-order valence-electron chi connectivity index (χ1n) is 11.9. The van der Waals surface area contributed by atoms with Gasteiger partial charge in [-0.2, -0.15) is 0 Å². The number of nitrogens with one attached hydrogen (secondary N) is 1. The van der Waals surface area contributed by atoms with Gasteiger partial charge in [0.15, 0.2) is 6.61 Å². The van der Waals surface area contributed by atoms with Crippen molar-refractivity contribution in [1.29, 1.82) is 0 Å². The SMILES string of the molecule is Cc1ccc([C@@H]2c3cc(OCC(=O)NC[C@@H]4CCCO4)ccc3CCN2C(=O)C(C)C)cc1. The molecule has 1 saturated heterocycles. The number of nitrogens with zero attached hydrogens (tertiary/aromatic N) is 1. The topological polar surface area (TPSA) is 67.9 Å². The number of aryl methyl sites for hydroxylation is 1. The van der Waals surface area contributed by atoms with Gasteiger partial charge in [-0.3, -0.25) is 9.59 Å². The fourth-order valence-corrected chi connectivity index (χ4v) is 4.59. The lowest BCUT2D eigenvalue weighted by molar-refractivity contribution is -0.136. The lowest BCUT2D eigenvalue weighted by Gasteiger charge is -2.39. The van der Waals surface area contributed by atoms with Gasteiger partial charge in [-0.1, -0.05) is 49.7 Å². The molecule has 0 aliphatic carbocycles. The van der Waals surface area contributed by atoms with E-state index in [1.807, 2.05) is 30.9 Å². The number of ether oxygens (including phenoxy) is 2. The third kappa shape index (κ3) is 5.56. The molecule has 2 heterocycles. The van der Waals surface area contributed by atoms with Gasteiger partial charge in [-0.25, -0.2) is 0 Å². The van der Waals surface area contributed by atoms with Crippen molar-refractivity contribution in [2.75, 3.05) is 26.3 Å². The van der Waals surface area contributed by atoms with Crippen molar-refractivity contribution in [2.24, 2.45) is 5.92 Å². The Morgan fingerprint density at radius 3 is 2.67 bits per heavy atom. The highest BCUT2D eigenvalue weighted by Gasteiger charge is 2.33. The molecule has 0 unspecified atom stereocenters. The van der Waals surface area contributed by atoms with Gasteiger partial charge in [0.25, 0.3) is 5.91 Å². The molecule has 0 spiro atoms. The zero-order chi connectivity index (χ0) is 23.4. The summed E-state index contributed by atoms with van der Waals surface area (Å²) in [6.45, 7) is 7.88. The summed E-state index contributed by atoms with van der Waals surface area (Å²) in [5, 5.41) is 2.89. The van der Waals surface area contributed by atoms with E-state index in [4.69, 9.17) is 9.47 Å². The summed E-state index contributed by atoms with van der Waals surface area (Å²) in [5.41, 5.74) is 4.55. The Labute approximate surface area is 196 Å². The van der Waals surface area contributed by atoms with Gasteiger partial charge in [0.2, 0.25) is 5.91 Å². The van der Waals surface area contributed by atoms with Crippen LogP contribution in [0.2, 0.25) is 0 Å². The van der Waals surface area contributed by atoms with E-state index in [0.717, 1.165) is 37.0 Å². The first-order valence-corrected chi connectivity index (χ1v) is 11.9. The molecular formula is C27H34N2O4. The number of hydrogen-bond acceptors (Lipinski definition) is 4. The molecule has 2 atom stereocenters. The van der Waals surface area contributed by atoms with Crippen LogP contribution in [0, 0.1) is 12.8 Å². The number of amides is 2. The maximum Gasteiger partial charge on any atom is 0.258 e. The van der Waals surface area contributed by atoms with Crippen molar-refractivity contribution in [1.82, 2.24) is 10.2 Å².